The van der Waals surface area contributed by atoms with Crippen molar-refractivity contribution < 1.29 is 0 Å². The van der Waals surface area contributed by atoms with E-state index in [1.54, 1.807) is 11.3 Å². The summed E-state index contributed by atoms with van der Waals surface area (Å²) in [5, 5.41) is 6.95. The zero-order valence-electron chi connectivity index (χ0n) is 10.6. The standard InChI is InChI=1S/C12H22N2S.ClH/c1-5-10(6-2)13-7-11-8-15-12(14-11)9(3)4;/h8-10,13H,5-7H2,1-4H3;1H. The SMILES string of the molecule is CCC(CC)NCc1csc(C(C)C)n1.Cl. The minimum absolute atomic E-state index is 0. The molecular weight excluding hydrogens is 240 g/mol. The molecule has 0 aliphatic rings. The van der Waals surface area contributed by atoms with Gasteiger partial charge in [-0.2, -0.15) is 0 Å². The first-order valence-corrected chi connectivity index (χ1v) is 6.73. The molecule has 0 radical (unpaired) electrons. The lowest BCUT2D eigenvalue weighted by molar-refractivity contribution is 0.481. The van der Waals surface area contributed by atoms with E-state index in [0.717, 1.165) is 6.54 Å². The Hall–Kier alpha value is -0.120. The highest BCUT2D eigenvalue weighted by molar-refractivity contribution is 7.09. The molecule has 1 N–H and O–H groups in total. The van der Waals surface area contributed by atoms with Gasteiger partial charge < -0.3 is 5.32 Å². The summed E-state index contributed by atoms with van der Waals surface area (Å²) in [7, 11) is 0. The quantitative estimate of drug-likeness (QED) is 0.839. The van der Waals surface area contributed by atoms with Gasteiger partial charge in [-0.3, -0.25) is 0 Å². The summed E-state index contributed by atoms with van der Waals surface area (Å²) >= 11 is 1.77. The molecule has 1 aromatic heterocycles. The highest BCUT2D eigenvalue weighted by Gasteiger charge is 2.07. The lowest BCUT2D eigenvalue weighted by Crippen LogP contribution is -2.27. The summed E-state index contributed by atoms with van der Waals surface area (Å²) in [6.07, 6.45) is 2.38. The molecule has 0 aliphatic carbocycles. The average Bonchev–Trinajstić information content (AvgIpc) is 2.68. The zero-order chi connectivity index (χ0) is 11.3. The fourth-order valence-corrected chi connectivity index (χ4v) is 2.33. The van der Waals surface area contributed by atoms with E-state index in [0.29, 0.717) is 12.0 Å². The Labute approximate surface area is 109 Å². The smallest absolute Gasteiger partial charge is 0.0954 e. The third kappa shape index (κ3) is 4.81. The van der Waals surface area contributed by atoms with Crippen LogP contribution in [0, 0.1) is 0 Å². The Balaban J connectivity index is 0.00000225. The van der Waals surface area contributed by atoms with E-state index in [2.05, 4.69) is 43.4 Å². The highest BCUT2D eigenvalue weighted by atomic mass is 35.5. The van der Waals surface area contributed by atoms with Crippen molar-refractivity contribution in [1.29, 1.82) is 0 Å². The molecule has 0 amide bonds. The maximum Gasteiger partial charge on any atom is 0.0954 e. The minimum atomic E-state index is 0. The van der Waals surface area contributed by atoms with Gasteiger partial charge in [0.1, 0.15) is 0 Å². The van der Waals surface area contributed by atoms with Gasteiger partial charge in [0.2, 0.25) is 0 Å². The van der Waals surface area contributed by atoms with Crippen molar-refractivity contribution in [2.24, 2.45) is 0 Å². The van der Waals surface area contributed by atoms with Crippen LogP contribution in [0.25, 0.3) is 0 Å². The van der Waals surface area contributed by atoms with Gasteiger partial charge in [0, 0.05) is 23.9 Å². The predicted octanol–water partition coefficient (Wildman–Crippen LogP) is 3.97. The van der Waals surface area contributed by atoms with Crippen LogP contribution in [-0.4, -0.2) is 11.0 Å². The van der Waals surface area contributed by atoms with Gasteiger partial charge in [0.25, 0.3) is 0 Å². The normalized spacial score (nSPS) is 10.9. The number of hydrogen-bond acceptors (Lipinski definition) is 3. The minimum Gasteiger partial charge on any atom is -0.308 e. The van der Waals surface area contributed by atoms with Gasteiger partial charge in [-0.05, 0) is 12.8 Å². The molecule has 0 saturated carbocycles. The molecule has 94 valence electrons. The highest BCUT2D eigenvalue weighted by Crippen LogP contribution is 2.19. The van der Waals surface area contributed by atoms with Gasteiger partial charge >= 0.3 is 0 Å². The Morgan fingerprint density at radius 1 is 1.31 bits per heavy atom. The first-order chi connectivity index (χ1) is 7.17. The second-order valence-electron chi connectivity index (χ2n) is 4.23. The number of rotatable bonds is 6. The molecule has 0 unspecified atom stereocenters. The third-order valence-corrected chi connectivity index (χ3v) is 3.81. The van der Waals surface area contributed by atoms with Crippen molar-refractivity contribution >= 4 is 23.7 Å². The van der Waals surface area contributed by atoms with Gasteiger partial charge in [-0.15, -0.1) is 23.7 Å². The summed E-state index contributed by atoms with van der Waals surface area (Å²) < 4.78 is 0. The lowest BCUT2D eigenvalue weighted by Gasteiger charge is -2.13. The topological polar surface area (TPSA) is 24.9 Å². The van der Waals surface area contributed by atoms with E-state index in [4.69, 9.17) is 0 Å². The summed E-state index contributed by atoms with van der Waals surface area (Å²) in [5.41, 5.74) is 1.19. The molecule has 0 aliphatic heterocycles. The molecular formula is C12H23ClN2S. The average molecular weight is 263 g/mol. The Bertz CT molecular complexity index is 282. The van der Waals surface area contributed by atoms with Gasteiger partial charge in [0.05, 0.1) is 10.7 Å². The van der Waals surface area contributed by atoms with Crippen molar-refractivity contribution in [2.45, 2.75) is 59.0 Å². The number of halogens is 1. The van der Waals surface area contributed by atoms with E-state index in [1.165, 1.54) is 23.5 Å². The van der Waals surface area contributed by atoms with Gasteiger partial charge in [-0.25, -0.2) is 4.98 Å². The van der Waals surface area contributed by atoms with Crippen LogP contribution in [0.5, 0.6) is 0 Å². The molecule has 16 heavy (non-hydrogen) atoms. The van der Waals surface area contributed by atoms with Crippen molar-refractivity contribution in [3.8, 4) is 0 Å². The van der Waals surface area contributed by atoms with Gasteiger partial charge in [0.15, 0.2) is 0 Å². The number of thiazole rings is 1. The molecule has 0 spiro atoms. The van der Waals surface area contributed by atoms with Crippen molar-refractivity contribution in [3.05, 3.63) is 16.1 Å². The molecule has 4 heteroatoms. The van der Waals surface area contributed by atoms with Crippen LogP contribution >= 0.6 is 23.7 Å². The molecule has 0 saturated heterocycles. The molecule has 0 fully saturated rings. The molecule has 2 nitrogen and oxygen atoms in total. The van der Waals surface area contributed by atoms with E-state index < -0.39 is 0 Å². The molecule has 0 atom stereocenters. The Kier molecular flexibility index (Phi) is 7.98. The largest absolute Gasteiger partial charge is 0.308 e. The lowest BCUT2D eigenvalue weighted by atomic mass is 10.2. The summed E-state index contributed by atoms with van der Waals surface area (Å²) in [5.74, 6) is 0.553. The number of aromatic nitrogens is 1. The number of nitrogens with one attached hydrogen (secondary N) is 1. The molecule has 0 bridgehead atoms. The van der Waals surface area contributed by atoms with Crippen LogP contribution in [0.2, 0.25) is 0 Å². The summed E-state index contributed by atoms with van der Waals surface area (Å²) in [6, 6.07) is 0.634. The zero-order valence-corrected chi connectivity index (χ0v) is 12.3. The van der Waals surface area contributed by atoms with E-state index in [-0.39, 0.29) is 12.4 Å². The number of nitrogens with zero attached hydrogens (tertiary/aromatic N) is 1. The first kappa shape index (κ1) is 15.9. The van der Waals surface area contributed by atoms with Crippen molar-refractivity contribution in [1.82, 2.24) is 10.3 Å². The molecule has 0 aromatic carbocycles. The predicted molar refractivity (Wildman–Crippen MR) is 74.7 cm³/mol. The van der Waals surface area contributed by atoms with E-state index >= 15 is 0 Å². The molecule has 1 aromatic rings. The Morgan fingerprint density at radius 3 is 2.38 bits per heavy atom. The second kappa shape index (κ2) is 8.04. The van der Waals surface area contributed by atoms with Crippen molar-refractivity contribution in [2.75, 3.05) is 0 Å². The van der Waals surface area contributed by atoms with Gasteiger partial charge in [-0.1, -0.05) is 27.7 Å². The summed E-state index contributed by atoms with van der Waals surface area (Å²) in [6.45, 7) is 9.74. The fourth-order valence-electron chi connectivity index (χ4n) is 1.50. The first-order valence-electron chi connectivity index (χ1n) is 5.85. The maximum absolute atomic E-state index is 4.61. The van der Waals surface area contributed by atoms with Crippen LogP contribution in [0.15, 0.2) is 5.38 Å². The van der Waals surface area contributed by atoms with Crippen LogP contribution in [0.1, 0.15) is 57.2 Å². The van der Waals surface area contributed by atoms with Crippen molar-refractivity contribution in [3.63, 3.8) is 0 Å². The number of hydrogen-bond donors (Lipinski definition) is 1. The summed E-state index contributed by atoms with van der Waals surface area (Å²) in [4.78, 5) is 4.61. The van der Waals surface area contributed by atoms with Crippen LogP contribution in [-0.2, 0) is 6.54 Å². The van der Waals surface area contributed by atoms with Crippen LogP contribution in [0.3, 0.4) is 0 Å². The molecule has 1 heterocycles. The fraction of sp³-hybridized carbons (Fsp3) is 0.750. The van der Waals surface area contributed by atoms with E-state index in [9.17, 15) is 0 Å². The Morgan fingerprint density at radius 2 is 1.94 bits per heavy atom. The monoisotopic (exact) mass is 262 g/mol. The molecule has 1 rings (SSSR count). The van der Waals surface area contributed by atoms with Crippen LogP contribution in [0.4, 0.5) is 0 Å². The van der Waals surface area contributed by atoms with Crippen LogP contribution < -0.4 is 5.32 Å². The maximum atomic E-state index is 4.61. The second-order valence-corrected chi connectivity index (χ2v) is 5.12. The third-order valence-electron chi connectivity index (χ3n) is 2.62. The van der Waals surface area contributed by atoms with E-state index in [1.807, 2.05) is 0 Å².